The van der Waals surface area contributed by atoms with Crippen LogP contribution in [-0.2, 0) is 17.8 Å². The van der Waals surface area contributed by atoms with Crippen molar-refractivity contribution < 1.29 is 10.2 Å². The number of rotatable bonds is 11. The Kier molecular flexibility index (Phi) is 9.16. The molecule has 3 aromatic rings. The molecule has 178 valence electrons. The highest BCUT2D eigenvalue weighted by atomic mass is 32.1. The molecule has 0 atom stereocenters. The number of hydrogen-bond acceptors (Lipinski definition) is 5. The van der Waals surface area contributed by atoms with Gasteiger partial charge in [0.1, 0.15) is 0 Å². The second-order valence-corrected chi connectivity index (χ2v) is 9.47. The minimum Gasteiger partial charge on any atom is -0.398 e. The SMILES string of the molecule is CNCCN(C)Cc1cccc(/C=C/C(=[NH2+])c2cc(NC(=O)Cc3cccs3)c(C)cc2N)c1. The lowest BCUT2D eigenvalue weighted by molar-refractivity contribution is -0.115. The fourth-order valence-electron chi connectivity index (χ4n) is 3.65. The summed E-state index contributed by atoms with van der Waals surface area (Å²) in [4.78, 5) is 15.8. The second kappa shape index (κ2) is 12.3. The van der Waals surface area contributed by atoms with E-state index in [4.69, 9.17) is 11.1 Å². The highest BCUT2D eigenvalue weighted by Crippen LogP contribution is 2.24. The number of nitrogens with two attached hydrogens (primary N) is 2. The molecule has 2 aromatic carbocycles. The van der Waals surface area contributed by atoms with Gasteiger partial charge in [-0.2, -0.15) is 0 Å². The fraction of sp³-hybridized carbons (Fsp3) is 0.259. The van der Waals surface area contributed by atoms with Gasteiger partial charge >= 0.3 is 0 Å². The Morgan fingerprint density at radius 3 is 2.76 bits per heavy atom. The van der Waals surface area contributed by atoms with E-state index in [-0.39, 0.29) is 5.91 Å². The quantitative estimate of drug-likeness (QED) is 0.253. The lowest BCUT2D eigenvalue weighted by atomic mass is 10.0. The van der Waals surface area contributed by atoms with Crippen molar-refractivity contribution in [2.75, 3.05) is 38.2 Å². The van der Waals surface area contributed by atoms with E-state index in [1.165, 1.54) is 5.56 Å². The summed E-state index contributed by atoms with van der Waals surface area (Å²) in [6.07, 6.45) is 4.19. The molecule has 0 unspecified atom stereocenters. The van der Waals surface area contributed by atoms with E-state index < -0.39 is 0 Å². The third kappa shape index (κ3) is 7.38. The van der Waals surface area contributed by atoms with Gasteiger partial charge in [-0.1, -0.05) is 30.3 Å². The van der Waals surface area contributed by atoms with Crippen LogP contribution in [0.1, 0.15) is 27.1 Å². The van der Waals surface area contributed by atoms with Crippen molar-refractivity contribution in [1.82, 2.24) is 10.2 Å². The molecule has 0 saturated heterocycles. The highest BCUT2D eigenvalue weighted by Gasteiger charge is 2.14. The molecule has 0 aliphatic carbocycles. The van der Waals surface area contributed by atoms with Crippen molar-refractivity contribution in [3.05, 3.63) is 87.1 Å². The number of carbonyl (C=O) groups excluding carboxylic acids is 1. The van der Waals surface area contributed by atoms with E-state index in [2.05, 4.69) is 46.8 Å². The fourth-order valence-corrected chi connectivity index (χ4v) is 4.35. The second-order valence-electron chi connectivity index (χ2n) is 8.43. The van der Waals surface area contributed by atoms with Gasteiger partial charge in [0.25, 0.3) is 0 Å². The van der Waals surface area contributed by atoms with E-state index >= 15 is 0 Å². The molecular formula is C27H34N5OS+. The average molecular weight is 477 g/mol. The number of nitrogens with zero attached hydrogens (tertiary/aromatic N) is 1. The van der Waals surface area contributed by atoms with Gasteiger partial charge in [0.05, 0.1) is 12.0 Å². The Morgan fingerprint density at radius 2 is 2.03 bits per heavy atom. The van der Waals surface area contributed by atoms with Crippen LogP contribution in [0.5, 0.6) is 0 Å². The van der Waals surface area contributed by atoms with Crippen LogP contribution in [0.25, 0.3) is 6.08 Å². The van der Waals surface area contributed by atoms with Crippen LogP contribution in [0.4, 0.5) is 11.4 Å². The first kappa shape index (κ1) is 25.4. The van der Waals surface area contributed by atoms with Crippen LogP contribution in [0.15, 0.2) is 60.0 Å². The van der Waals surface area contributed by atoms with Crippen LogP contribution in [-0.4, -0.2) is 43.7 Å². The first-order valence-electron chi connectivity index (χ1n) is 11.3. The summed E-state index contributed by atoms with van der Waals surface area (Å²) in [5.74, 6) is -0.0631. The predicted octanol–water partition coefficient (Wildman–Crippen LogP) is 2.73. The lowest BCUT2D eigenvalue weighted by Crippen LogP contribution is -2.39. The van der Waals surface area contributed by atoms with E-state index in [9.17, 15) is 4.79 Å². The van der Waals surface area contributed by atoms with E-state index in [1.807, 2.05) is 55.8 Å². The van der Waals surface area contributed by atoms with Gasteiger partial charge in [-0.05, 0) is 67.4 Å². The summed E-state index contributed by atoms with van der Waals surface area (Å²) in [6.45, 7) is 4.74. The average Bonchev–Trinajstić information content (AvgIpc) is 3.31. The Labute approximate surface area is 206 Å². The van der Waals surface area contributed by atoms with Crippen molar-refractivity contribution in [3.8, 4) is 0 Å². The van der Waals surface area contributed by atoms with Crippen LogP contribution in [0, 0.1) is 6.92 Å². The number of amides is 1. The minimum absolute atomic E-state index is 0.0631. The van der Waals surface area contributed by atoms with Gasteiger partial charge < -0.3 is 21.3 Å². The van der Waals surface area contributed by atoms with Crippen molar-refractivity contribution in [2.45, 2.75) is 19.9 Å². The third-order valence-corrected chi connectivity index (χ3v) is 6.38. The summed E-state index contributed by atoms with van der Waals surface area (Å²) < 4.78 is 0. The van der Waals surface area contributed by atoms with Gasteiger partial charge in [-0.25, -0.2) is 0 Å². The van der Waals surface area contributed by atoms with Gasteiger partial charge in [-0.15, -0.1) is 11.3 Å². The molecule has 0 aliphatic rings. The maximum absolute atomic E-state index is 12.5. The van der Waals surface area contributed by atoms with Gasteiger partial charge in [0.2, 0.25) is 11.6 Å². The van der Waals surface area contributed by atoms with Crippen LogP contribution < -0.4 is 21.8 Å². The molecule has 0 spiro atoms. The molecule has 6 N–H and O–H groups in total. The molecule has 6 nitrogen and oxygen atoms in total. The van der Waals surface area contributed by atoms with Crippen LogP contribution in [0.2, 0.25) is 0 Å². The first-order chi connectivity index (χ1) is 16.4. The number of allylic oxidation sites excluding steroid dienone is 1. The van der Waals surface area contributed by atoms with Gasteiger partial charge in [0.15, 0.2) is 0 Å². The number of nitrogens with one attached hydrogen (secondary N) is 2. The summed E-state index contributed by atoms with van der Waals surface area (Å²) in [7, 11) is 4.07. The summed E-state index contributed by atoms with van der Waals surface area (Å²) >= 11 is 1.57. The maximum Gasteiger partial charge on any atom is 0.229 e. The zero-order valence-corrected chi connectivity index (χ0v) is 20.9. The van der Waals surface area contributed by atoms with E-state index in [0.717, 1.165) is 35.6 Å². The number of hydrogen-bond donors (Lipinski definition) is 4. The number of nitrogen functional groups attached to an aromatic ring is 1. The first-order valence-corrected chi connectivity index (χ1v) is 12.2. The summed E-state index contributed by atoms with van der Waals surface area (Å²) in [5, 5.41) is 14.5. The van der Waals surface area contributed by atoms with E-state index in [1.54, 1.807) is 11.3 Å². The van der Waals surface area contributed by atoms with Crippen LogP contribution in [0.3, 0.4) is 0 Å². The number of carbonyl (C=O) groups is 1. The molecule has 7 heteroatoms. The molecule has 1 heterocycles. The van der Waals surface area contributed by atoms with Crippen molar-refractivity contribution >= 4 is 40.4 Å². The molecule has 0 fully saturated rings. The van der Waals surface area contributed by atoms with E-state index in [0.29, 0.717) is 29.1 Å². The molecule has 0 saturated carbocycles. The minimum atomic E-state index is -0.0631. The molecule has 1 amide bonds. The van der Waals surface area contributed by atoms with Crippen LogP contribution >= 0.6 is 11.3 Å². The van der Waals surface area contributed by atoms with Crippen molar-refractivity contribution in [2.24, 2.45) is 0 Å². The van der Waals surface area contributed by atoms with Crippen molar-refractivity contribution in [3.63, 3.8) is 0 Å². The Hall–Kier alpha value is -3.26. The Bertz CT molecular complexity index is 1150. The molecule has 34 heavy (non-hydrogen) atoms. The number of benzene rings is 2. The largest absolute Gasteiger partial charge is 0.398 e. The zero-order chi connectivity index (χ0) is 24.5. The Balaban J connectivity index is 1.70. The zero-order valence-electron chi connectivity index (χ0n) is 20.1. The maximum atomic E-state index is 12.5. The summed E-state index contributed by atoms with van der Waals surface area (Å²) in [5.41, 5.74) is 12.0. The Morgan fingerprint density at radius 1 is 1.21 bits per heavy atom. The monoisotopic (exact) mass is 476 g/mol. The molecular weight excluding hydrogens is 442 g/mol. The lowest BCUT2D eigenvalue weighted by Gasteiger charge is -2.16. The third-order valence-electron chi connectivity index (χ3n) is 5.50. The number of thiophene rings is 1. The molecule has 0 radical (unpaired) electrons. The van der Waals surface area contributed by atoms with Gasteiger partial charge in [0, 0.05) is 42.0 Å². The number of anilines is 2. The topological polar surface area (TPSA) is 96.0 Å². The smallest absolute Gasteiger partial charge is 0.229 e. The standard InChI is InChI=1S/C27H33N5OS/c1-19-14-25(29)23(17-26(19)31-27(33)16-22-8-5-13-34-22)24(28)10-9-20-6-4-7-21(15-20)18-32(3)12-11-30-2/h4-10,13-15,17,28,30H,11-12,16,18,29H2,1-3H3,(H,31,33)/p+1/b10-9+,28-24?. The molecule has 0 aliphatic heterocycles. The highest BCUT2D eigenvalue weighted by molar-refractivity contribution is 7.10. The number of likely N-dealkylation sites (N-methyl/N-ethyl adjacent to an activating group) is 2. The van der Waals surface area contributed by atoms with Crippen molar-refractivity contribution in [1.29, 1.82) is 0 Å². The molecule has 0 bridgehead atoms. The number of aryl methyl sites for hydroxylation is 1. The summed E-state index contributed by atoms with van der Waals surface area (Å²) in [6, 6.07) is 16.0. The van der Waals surface area contributed by atoms with Gasteiger partial charge in [-0.3, -0.25) is 10.2 Å². The molecule has 3 rings (SSSR count). The molecule has 1 aromatic heterocycles. The predicted molar refractivity (Wildman–Crippen MR) is 144 cm³/mol. The normalized spacial score (nSPS) is 11.3.